The first kappa shape index (κ1) is 13.0. The van der Waals surface area contributed by atoms with Gasteiger partial charge in [0, 0.05) is 16.5 Å². The molecule has 0 spiro atoms. The molecule has 96 valence electrons. The minimum absolute atomic E-state index is 0.420. The summed E-state index contributed by atoms with van der Waals surface area (Å²) in [4.78, 5) is 22.7. The van der Waals surface area contributed by atoms with Crippen LogP contribution in [0.25, 0.3) is 10.8 Å². The fraction of sp³-hybridized carbons (Fsp3) is 0.125. The number of rotatable bonds is 4. The summed E-state index contributed by atoms with van der Waals surface area (Å²) >= 11 is 0. The van der Waals surface area contributed by atoms with Crippen molar-refractivity contribution in [3.05, 3.63) is 54.1 Å². The Morgan fingerprint density at radius 3 is 2.53 bits per heavy atom. The lowest BCUT2D eigenvalue weighted by Gasteiger charge is -2.09. The van der Waals surface area contributed by atoms with Gasteiger partial charge >= 0.3 is 5.97 Å². The molecule has 0 atom stereocenters. The molecule has 0 aromatic heterocycles. The number of aldehydes is 1. The SMILES string of the molecule is C=C(CC)C(=O)Oc1ccc(C=O)c2ccccc12. The number of hydrogen-bond acceptors (Lipinski definition) is 3. The summed E-state index contributed by atoms with van der Waals surface area (Å²) < 4.78 is 5.33. The average Bonchev–Trinajstić information content (AvgIpc) is 2.46. The summed E-state index contributed by atoms with van der Waals surface area (Å²) in [5.41, 5.74) is 0.994. The van der Waals surface area contributed by atoms with Crippen molar-refractivity contribution >= 4 is 23.0 Å². The number of fused-ring (bicyclic) bond motifs is 1. The van der Waals surface area contributed by atoms with E-state index in [9.17, 15) is 9.59 Å². The van der Waals surface area contributed by atoms with Gasteiger partial charge in [0.25, 0.3) is 0 Å². The van der Waals surface area contributed by atoms with Crippen LogP contribution in [0.2, 0.25) is 0 Å². The van der Waals surface area contributed by atoms with Crippen LogP contribution in [0.1, 0.15) is 23.7 Å². The fourth-order valence-electron chi connectivity index (χ4n) is 1.80. The Labute approximate surface area is 111 Å². The van der Waals surface area contributed by atoms with E-state index in [1.54, 1.807) is 12.1 Å². The Hall–Kier alpha value is -2.42. The Balaban J connectivity index is 2.48. The third kappa shape index (κ3) is 2.55. The maximum absolute atomic E-state index is 11.8. The number of ether oxygens (including phenoxy) is 1. The second kappa shape index (κ2) is 5.48. The lowest BCUT2D eigenvalue weighted by atomic mass is 10.0. The van der Waals surface area contributed by atoms with E-state index in [0.717, 1.165) is 17.1 Å². The predicted molar refractivity (Wildman–Crippen MR) is 74.4 cm³/mol. The lowest BCUT2D eigenvalue weighted by Crippen LogP contribution is -2.10. The molecule has 0 bridgehead atoms. The second-order valence-electron chi connectivity index (χ2n) is 4.16. The molecule has 0 unspecified atom stereocenters. The van der Waals surface area contributed by atoms with Crippen LogP contribution in [0.3, 0.4) is 0 Å². The highest BCUT2D eigenvalue weighted by molar-refractivity contribution is 6.02. The zero-order valence-electron chi connectivity index (χ0n) is 10.7. The van der Waals surface area contributed by atoms with Crippen LogP contribution in [0, 0.1) is 0 Å². The molecule has 0 amide bonds. The molecule has 19 heavy (non-hydrogen) atoms. The molecule has 2 rings (SSSR count). The molecule has 3 nitrogen and oxygen atoms in total. The minimum Gasteiger partial charge on any atom is -0.423 e. The summed E-state index contributed by atoms with van der Waals surface area (Å²) in [5, 5.41) is 1.51. The highest BCUT2D eigenvalue weighted by atomic mass is 16.5. The standard InChI is InChI=1S/C16H14O3/c1-3-11(2)16(18)19-15-9-8-12(10-17)13-6-4-5-7-14(13)15/h4-10H,2-3H2,1H3. The first-order valence-electron chi connectivity index (χ1n) is 6.04. The summed E-state index contributed by atoms with van der Waals surface area (Å²) in [6, 6.07) is 10.6. The zero-order valence-corrected chi connectivity index (χ0v) is 10.7. The largest absolute Gasteiger partial charge is 0.423 e. The molecule has 0 saturated heterocycles. The summed E-state index contributed by atoms with van der Waals surface area (Å²) in [6.45, 7) is 5.50. The number of benzene rings is 2. The first-order chi connectivity index (χ1) is 9.17. The van der Waals surface area contributed by atoms with E-state index in [1.807, 2.05) is 31.2 Å². The van der Waals surface area contributed by atoms with Crippen LogP contribution < -0.4 is 4.74 Å². The van der Waals surface area contributed by atoms with Gasteiger partial charge in [-0.2, -0.15) is 0 Å². The van der Waals surface area contributed by atoms with Gasteiger partial charge in [0.1, 0.15) is 5.75 Å². The molecule has 0 N–H and O–H groups in total. The summed E-state index contributed by atoms with van der Waals surface area (Å²) in [5.74, 6) is 0.00676. The van der Waals surface area contributed by atoms with E-state index < -0.39 is 5.97 Å². The van der Waals surface area contributed by atoms with Gasteiger partial charge in [-0.15, -0.1) is 0 Å². The zero-order chi connectivity index (χ0) is 13.8. The van der Waals surface area contributed by atoms with Crippen molar-refractivity contribution in [2.75, 3.05) is 0 Å². The van der Waals surface area contributed by atoms with Gasteiger partial charge in [-0.3, -0.25) is 4.79 Å². The molecular formula is C16H14O3. The van der Waals surface area contributed by atoms with Crippen molar-refractivity contribution in [2.24, 2.45) is 0 Å². The Bertz CT molecular complexity index is 656. The van der Waals surface area contributed by atoms with E-state index in [1.165, 1.54) is 0 Å². The van der Waals surface area contributed by atoms with Gasteiger partial charge in [0.2, 0.25) is 0 Å². The van der Waals surface area contributed by atoms with Crippen LogP contribution in [-0.2, 0) is 4.79 Å². The third-order valence-electron chi connectivity index (χ3n) is 2.96. The van der Waals surface area contributed by atoms with Crippen LogP contribution in [-0.4, -0.2) is 12.3 Å². The normalized spacial score (nSPS) is 10.2. The third-order valence-corrected chi connectivity index (χ3v) is 2.96. The van der Waals surface area contributed by atoms with Crippen LogP contribution in [0.15, 0.2) is 48.6 Å². The second-order valence-corrected chi connectivity index (χ2v) is 4.16. The van der Waals surface area contributed by atoms with Crippen molar-refractivity contribution in [2.45, 2.75) is 13.3 Å². The number of carbonyl (C=O) groups excluding carboxylic acids is 2. The molecule has 2 aromatic carbocycles. The maximum atomic E-state index is 11.8. The molecular weight excluding hydrogens is 240 g/mol. The number of hydrogen-bond donors (Lipinski definition) is 0. The van der Waals surface area contributed by atoms with Crippen molar-refractivity contribution < 1.29 is 14.3 Å². The molecule has 0 saturated carbocycles. The highest BCUT2D eigenvalue weighted by Gasteiger charge is 2.11. The van der Waals surface area contributed by atoms with E-state index in [4.69, 9.17) is 4.74 Å². The van der Waals surface area contributed by atoms with E-state index in [-0.39, 0.29) is 0 Å². The maximum Gasteiger partial charge on any atom is 0.338 e. The van der Waals surface area contributed by atoms with Gasteiger partial charge in [-0.05, 0) is 23.9 Å². The molecule has 0 radical (unpaired) electrons. The molecule has 0 fully saturated rings. The smallest absolute Gasteiger partial charge is 0.338 e. The molecule has 0 aliphatic rings. The number of carbonyl (C=O) groups is 2. The minimum atomic E-state index is -0.438. The fourth-order valence-corrected chi connectivity index (χ4v) is 1.80. The molecule has 3 heteroatoms. The van der Waals surface area contributed by atoms with Crippen LogP contribution in [0.4, 0.5) is 0 Å². The van der Waals surface area contributed by atoms with E-state index >= 15 is 0 Å². The number of esters is 1. The van der Waals surface area contributed by atoms with Crippen LogP contribution in [0.5, 0.6) is 5.75 Å². The monoisotopic (exact) mass is 254 g/mol. The molecule has 0 aliphatic heterocycles. The highest BCUT2D eigenvalue weighted by Crippen LogP contribution is 2.28. The Kier molecular flexibility index (Phi) is 3.76. The van der Waals surface area contributed by atoms with Crippen LogP contribution >= 0.6 is 0 Å². The topological polar surface area (TPSA) is 43.4 Å². The van der Waals surface area contributed by atoms with Crippen molar-refractivity contribution in [3.8, 4) is 5.75 Å². The quantitative estimate of drug-likeness (QED) is 0.363. The van der Waals surface area contributed by atoms with Crippen molar-refractivity contribution in [3.63, 3.8) is 0 Å². The molecule has 0 aliphatic carbocycles. The van der Waals surface area contributed by atoms with Gasteiger partial charge in [-0.25, -0.2) is 4.79 Å². The molecule has 0 heterocycles. The molecule has 2 aromatic rings. The Morgan fingerprint density at radius 2 is 1.89 bits per heavy atom. The average molecular weight is 254 g/mol. The lowest BCUT2D eigenvalue weighted by molar-refractivity contribution is -0.130. The van der Waals surface area contributed by atoms with Crippen molar-refractivity contribution in [1.82, 2.24) is 0 Å². The van der Waals surface area contributed by atoms with Gasteiger partial charge in [-0.1, -0.05) is 37.8 Å². The van der Waals surface area contributed by atoms with Crippen molar-refractivity contribution in [1.29, 1.82) is 0 Å². The van der Waals surface area contributed by atoms with E-state index in [2.05, 4.69) is 6.58 Å². The summed E-state index contributed by atoms with van der Waals surface area (Å²) in [6.07, 6.45) is 1.34. The van der Waals surface area contributed by atoms with Gasteiger partial charge < -0.3 is 4.74 Å². The first-order valence-corrected chi connectivity index (χ1v) is 6.04. The van der Waals surface area contributed by atoms with Gasteiger partial charge in [0.05, 0.1) is 0 Å². The predicted octanol–water partition coefficient (Wildman–Crippen LogP) is 3.52. The Morgan fingerprint density at radius 1 is 1.21 bits per heavy atom. The van der Waals surface area contributed by atoms with E-state index in [0.29, 0.717) is 23.3 Å². The summed E-state index contributed by atoms with van der Waals surface area (Å²) in [7, 11) is 0. The van der Waals surface area contributed by atoms with Gasteiger partial charge in [0.15, 0.2) is 6.29 Å².